The van der Waals surface area contributed by atoms with E-state index in [2.05, 4.69) is 52.7 Å². The lowest BCUT2D eigenvalue weighted by Gasteiger charge is -2.41. The van der Waals surface area contributed by atoms with Crippen LogP contribution in [0.3, 0.4) is 0 Å². The first-order chi connectivity index (χ1) is 11.5. The molecule has 1 aromatic heterocycles. The molecule has 134 valence electrons. The largest absolute Gasteiger partial charge is 0.396 e. The van der Waals surface area contributed by atoms with Gasteiger partial charge in [-0.1, -0.05) is 25.0 Å². The van der Waals surface area contributed by atoms with Crippen molar-refractivity contribution < 1.29 is 5.11 Å². The van der Waals surface area contributed by atoms with Crippen LogP contribution in [0.25, 0.3) is 0 Å². The standard InChI is InChI=1S/C19H32N4O/c1-5-6-17-13-19(21-16(4)20-17)23-11-10-22(9-7-15(2)3)18(14-23)8-12-24/h7,13,18,24H,5-6,8-12,14H2,1-4H3/t18-/m1/s1. The van der Waals surface area contributed by atoms with Crippen LogP contribution in [-0.2, 0) is 6.42 Å². The van der Waals surface area contributed by atoms with Crippen LogP contribution in [0.1, 0.15) is 45.1 Å². The predicted octanol–water partition coefficient (Wildman–Crippen LogP) is 2.58. The fourth-order valence-electron chi connectivity index (χ4n) is 3.22. The SMILES string of the molecule is CCCc1cc(N2CCN(CC=C(C)C)[C@H](CCO)C2)nc(C)n1. The Kier molecular flexibility index (Phi) is 7.18. The molecule has 0 aromatic carbocycles. The lowest BCUT2D eigenvalue weighted by molar-refractivity contribution is 0.155. The van der Waals surface area contributed by atoms with E-state index in [0.717, 1.165) is 62.8 Å². The average molecular weight is 332 g/mol. The summed E-state index contributed by atoms with van der Waals surface area (Å²) in [6.45, 7) is 12.5. The number of aromatic nitrogens is 2. The van der Waals surface area contributed by atoms with Crippen molar-refractivity contribution in [2.75, 3.05) is 37.7 Å². The molecule has 5 nitrogen and oxygen atoms in total. The minimum atomic E-state index is 0.230. The molecule has 5 heteroatoms. The average Bonchev–Trinajstić information content (AvgIpc) is 2.53. The summed E-state index contributed by atoms with van der Waals surface area (Å²) in [5, 5.41) is 9.44. The molecule has 1 saturated heterocycles. The van der Waals surface area contributed by atoms with Gasteiger partial charge in [-0.3, -0.25) is 4.90 Å². The normalized spacial score (nSPS) is 18.7. The van der Waals surface area contributed by atoms with E-state index in [-0.39, 0.29) is 6.61 Å². The number of rotatable bonds is 7. The molecule has 0 radical (unpaired) electrons. The molecule has 1 fully saturated rings. The number of nitrogens with zero attached hydrogens (tertiary/aromatic N) is 4. The first-order valence-electron chi connectivity index (χ1n) is 9.11. The van der Waals surface area contributed by atoms with E-state index in [0.29, 0.717) is 6.04 Å². The van der Waals surface area contributed by atoms with Gasteiger partial charge in [0.25, 0.3) is 0 Å². The van der Waals surface area contributed by atoms with Crippen LogP contribution >= 0.6 is 0 Å². The zero-order valence-corrected chi connectivity index (χ0v) is 15.6. The number of aliphatic hydroxyl groups is 1. The van der Waals surface area contributed by atoms with E-state index in [1.807, 2.05) is 6.92 Å². The minimum Gasteiger partial charge on any atom is -0.396 e. The van der Waals surface area contributed by atoms with Crippen LogP contribution in [0.5, 0.6) is 0 Å². The van der Waals surface area contributed by atoms with Crippen LogP contribution in [-0.4, -0.2) is 58.8 Å². The number of allylic oxidation sites excluding steroid dienone is 1. The Bertz CT molecular complexity index is 554. The third kappa shape index (κ3) is 5.28. The number of anilines is 1. The van der Waals surface area contributed by atoms with Crippen molar-refractivity contribution >= 4 is 5.82 Å². The highest BCUT2D eigenvalue weighted by molar-refractivity contribution is 5.41. The van der Waals surface area contributed by atoms with E-state index in [4.69, 9.17) is 0 Å². The van der Waals surface area contributed by atoms with Gasteiger partial charge in [0.15, 0.2) is 0 Å². The molecule has 0 aliphatic carbocycles. The van der Waals surface area contributed by atoms with Gasteiger partial charge in [0.1, 0.15) is 11.6 Å². The molecule has 0 saturated carbocycles. The molecule has 0 unspecified atom stereocenters. The predicted molar refractivity (Wildman–Crippen MR) is 99.5 cm³/mol. The van der Waals surface area contributed by atoms with Gasteiger partial charge in [0, 0.05) is 50.6 Å². The van der Waals surface area contributed by atoms with Crippen LogP contribution in [0.15, 0.2) is 17.7 Å². The highest BCUT2D eigenvalue weighted by Crippen LogP contribution is 2.20. The highest BCUT2D eigenvalue weighted by Gasteiger charge is 2.27. The Morgan fingerprint density at radius 1 is 1.33 bits per heavy atom. The molecule has 24 heavy (non-hydrogen) atoms. The van der Waals surface area contributed by atoms with Crippen LogP contribution in [0, 0.1) is 6.92 Å². The Hall–Kier alpha value is -1.46. The van der Waals surface area contributed by atoms with Crippen LogP contribution < -0.4 is 4.90 Å². The Morgan fingerprint density at radius 2 is 2.12 bits per heavy atom. The summed E-state index contributed by atoms with van der Waals surface area (Å²) in [7, 11) is 0. The van der Waals surface area contributed by atoms with Crippen molar-refractivity contribution in [2.45, 2.75) is 53.0 Å². The summed E-state index contributed by atoms with van der Waals surface area (Å²) in [4.78, 5) is 14.0. The van der Waals surface area contributed by atoms with Gasteiger partial charge in [0.05, 0.1) is 0 Å². The maximum Gasteiger partial charge on any atom is 0.132 e. The summed E-state index contributed by atoms with van der Waals surface area (Å²) < 4.78 is 0. The second-order valence-corrected chi connectivity index (χ2v) is 6.90. The van der Waals surface area contributed by atoms with E-state index in [1.165, 1.54) is 5.57 Å². The molecule has 1 aliphatic rings. The highest BCUT2D eigenvalue weighted by atomic mass is 16.3. The quantitative estimate of drug-likeness (QED) is 0.778. The van der Waals surface area contributed by atoms with Gasteiger partial charge in [-0.25, -0.2) is 9.97 Å². The summed E-state index contributed by atoms with van der Waals surface area (Å²) in [6, 6.07) is 2.50. The van der Waals surface area contributed by atoms with Gasteiger partial charge < -0.3 is 10.0 Å². The molecule has 0 spiro atoms. The maximum atomic E-state index is 9.44. The number of hydrogen-bond acceptors (Lipinski definition) is 5. The van der Waals surface area contributed by atoms with E-state index >= 15 is 0 Å². The van der Waals surface area contributed by atoms with Crippen molar-refractivity contribution in [3.05, 3.63) is 29.2 Å². The topological polar surface area (TPSA) is 52.5 Å². The lowest BCUT2D eigenvalue weighted by Crippen LogP contribution is -2.53. The van der Waals surface area contributed by atoms with Crippen molar-refractivity contribution in [3.63, 3.8) is 0 Å². The number of piperazine rings is 1. The minimum absolute atomic E-state index is 0.230. The molecule has 0 bridgehead atoms. The van der Waals surface area contributed by atoms with E-state index in [9.17, 15) is 5.11 Å². The number of aliphatic hydroxyl groups excluding tert-OH is 1. The summed E-state index contributed by atoms with van der Waals surface area (Å²) in [5.41, 5.74) is 2.47. The van der Waals surface area contributed by atoms with Gasteiger partial charge in [-0.15, -0.1) is 0 Å². The van der Waals surface area contributed by atoms with Gasteiger partial charge in [-0.05, 0) is 33.6 Å². The number of hydrogen-bond donors (Lipinski definition) is 1. The summed E-state index contributed by atoms with van der Waals surface area (Å²) >= 11 is 0. The second kappa shape index (κ2) is 9.14. The number of aryl methyl sites for hydroxylation is 2. The molecule has 1 atom stereocenters. The smallest absolute Gasteiger partial charge is 0.132 e. The first kappa shape index (κ1) is 18.9. The van der Waals surface area contributed by atoms with Crippen LogP contribution in [0.2, 0.25) is 0 Å². The molecule has 1 N–H and O–H groups in total. The van der Waals surface area contributed by atoms with E-state index in [1.54, 1.807) is 0 Å². The summed E-state index contributed by atoms with van der Waals surface area (Å²) in [6.07, 6.45) is 5.17. The van der Waals surface area contributed by atoms with Crippen molar-refractivity contribution in [3.8, 4) is 0 Å². The van der Waals surface area contributed by atoms with Crippen LogP contribution in [0.4, 0.5) is 5.82 Å². The first-order valence-corrected chi connectivity index (χ1v) is 9.11. The lowest BCUT2D eigenvalue weighted by atomic mass is 10.1. The third-order valence-corrected chi connectivity index (χ3v) is 4.51. The molecule has 0 amide bonds. The van der Waals surface area contributed by atoms with Gasteiger partial charge in [0.2, 0.25) is 0 Å². The summed E-state index contributed by atoms with van der Waals surface area (Å²) in [5.74, 6) is 1.89. The van der Waals surface area contributed by atoms with Gasteiger partial charge in [-0.2, -0.15) is 0 Å². The zero-order chi connectivity index (χ0) is 17.5. The molecule has 2 heterocycles. The monoisotopic (exact) mass is 332 g/mol. The molecular formula is C19H32N4O. The Balaban J connectivity index is 2.12. The fraction of sp³-hybridized carbons (Fsp3) is 0.684. The zero-order valence-electron chi connectivity index (χ0n) is 15.6. The Morgan fingerprint density at radius 3 is 2.79 bits per heavy atom. The molecule has 1 aliphatic heterocycles. The van der Waals surface area contributed by atoms with Crippen molar-refractivity contribution in [1.29, 1.82) is 0 Å². The molecule has 2 rings (SSSR count). The molecule has 1 aromatic rings. The maximum absolute atomic E-state index is 9.44. The Labute approximate surface area is 146 Å². The third-order valence-electron chi connectivity index (χ3n) is 4.51. The second-order valence-electron chi connectivity index (χ2n) is 6.90. The fourth-order valence-corrected chi connectivity index (χ4v) is 3.22. The van der Waals surface area contributed by atoms with Crippen molar-refractivity contribution in [2.24, 2.45) is 0 Å². The molecular weight excluding hydrogens is 300 g/mol. The van der Waals surface area contributed by atoms with Gasteiger partial charge >= 0.3 is 0 Å². The van der Waals surface area contributed by atoms with E-state index < -0.39 is 0 Å². The van der Waals surface area contributed by atoms with Crippen molar-refractivity contribution in [1.82, 2.24) is 14.9 Å².